The lowest BCUT2D eigenvalue weighted by atomic mass is 9.81. The highest BCUT2D eigenvalue weighted by Gasteiger charge is 2.39. The van der Waals surface area contributed by atoms with Crippen LogP contribution in [0.5, 0.6) is 11.5 Å². The van der Waals surface area contributed by atoms with Gasteiger partial charge in [0, 0.05) is 7.05 Å². The molecule has 1 atom stereocenters. The van der Waals surface area contributed by atoms with E-state index in [9.17, 15) is 14.9 Å². The summed E-state index contributed by atoms with van der Waals surface area (Å²) < 4.78 is 16.2. The molecule has 0 radical (unpaired) electrons. The molecular formula is C19H22N2O5. The van der Waals surface area contributed by atoms with Crippen LogP contribution in [0, 0.1) is 11.3 Å². The van der Waals surface area contributed by atoms with E-state index < -0.39 is 24.2 Å². The van der Waals surface area contributed by atoms with Gasteiger partial charge in [0.05, 0.1) is 6.07 Å². The highest BCUT2D eigenvalue weighted by atomic mass is 16.6. The molecule has 7 nitrogen and oxygen atoms in total. The van der Waals surface area contributed by atoms with Gasteiger partial charge in [-0.05, 0) is 25.0 Å². The van der Waals surface area contributed by atoms with Crippen LogP contribution in [0.3, 0.4) is 0 Å². The monoisotopic (exact) mass is 358 g/mol. The van der Waals surface area contributed by atoms with Crippen molar-refractivity contribution in [2.75, 3.05) is 20.3 Å². The Morgan fingerprint density at radius 3 is 2.65 bits per heavy atom. The summed E-state index contributed by atoms with van der Waals surface area (Å²) in [6.45, 7) is -0.387. The number of ether oxygens (including phenoxy) is 3. The standard InChI is InChI=1S/C19H22N2O5/c1-21(19(13-20)9-5-2-6-10-19)17(22)12-25-18(23)16-11-24-14-7-3-4-8-15(14)26-16/h3-4,7-8,16H,2,5-6,9-12H2,1H3/t16-/m0/s1. The number of likely N-dealkylation sites (N-methyl/N-ethyl adjacent to an activating group) is 1. The van der Waals surface area contributed by atoms with Crippen molar-refractivity contribution in [3.63, 3.8) is 0 Å². The van der Waals surface area contributed by atoms with Gasteiger partial charge < -0.3 is 19.1 Å². The van der Waals surface area contributed by atoms with Gasteiger partial charge in [-0.25, -0.2) is 4.79 Å². The van der Waals surface area contributed by atoms with Gasteiger partial charge in [-0.1, -0.05) is 31.4 Å². The Morgan fingerprint density at radius 2 is 1.96 bits per heavy atom. The molecule has 1 amide bonds. The largest absolute Gasteiger partial charge is 0.485 e. The molecule has 0 spiro atoms. The average molecular weight is 358 g/mol. The number of para-hydroxylation sites is 2. The van der Waals surface area contributed by atoms with Crippen LogP contribution in [0.15, 0.2) is 24.3 Å². The lowest BCUT2D eigenvalue weighted by Crippen LogP contribution is -2.51. The molecular weight excluding hydrogens is 336 g/mol. The fourth-order valence-electron chi connectivity index (χ4n) is 3.36. The highest BCUT2D eigenvalue weighted by Crippen LogP contribution is 2.33. The third-order valence-electron chi connectivity index (χ3n) is 5.01. The number of rotatable bonds is 4. The number of carbonyl (C=O) groups is 2. The first-order valence-electron chi connectivity index (χ1n) is 8.79. The highest BCUT2D eigenvalue weighted by molar-refractivity contribution is 5.83. The second-order valence-corrected chi connectivity index (χ2v) is 6.63. The van der Waals surface area contributed by atoms with Crippen LogP contribution in [0.4, 0.5) is 0 Å². The molecule has 1 aromatic rings. The number of nitrogens with zero attached hydrogens (tertiary/aromatic N) is 2. The topological polar surface area (TPSA) is 88.9 Å². The summed E-state index contributed by atoms with van der Waals surface area (Å²) in [4.78, 5) is 26.0. The van der Waals surface area contributed by atoms with Crippen LogP contribution in [-0.2, 0) is 14.3 Å². The van der Waals surface area contributed by atoms with Gasteiger partial charge in [0.2, 0.25) is 6.10 Å². The molecule has 0 bridgehead atoms. The molecule has 26 heavy (non-hydrogen) atoms. The van der Waals surface area contributed by atoms with E-state index in [4.69, 9.17) is 14.2 Å². The van der Waals surface area contributed by atoms with Crippen molar-refractivity contribution in [3.05, 3.63) is 24.3 Å². The number of nitriles is 1. The van der Waals surface area contributed by atoms with E-state index in [0.717, 1.165) is 19.3 Å². The predicted molar refractivity (Wildman–Crippen MR) is 91.5 cm³/mol. The van der Waals surface area contributed by atoms with Crippen molar-refractivity contribution in [2.24, 2.45) is 0 Å². The Balaban J connectivity index is 1.54. The molecule has 0 aromatic heterocycles. The van der Waals surface area contributed by atoms with Crippen molar-refractivity contribution in [3.8, 4) is 17.6 Å². The summed E-state index contributed by atoms with van der Waals surface area (Å²) in [7, 11) is 1.60. The lowest BCUT2D eigenvalue weighted by Gasteiger charge is -2.38. The van der Waals surface area contributed by atoms with Crippen LogP contribution in [0.25, 0.3) is 0 Å². The molecule has 2 aliphatic rings. The van der Waals surface area contributed by atoms with Crippen molar-refractivity contribution in [2.45, 2.75) is 43.7 Å². The number of esters is 1. The molecule has 7 heteroatoms. The molecule has 1 aliphatic carbocycles. The smallest absolute Gasteiger partial charge is 0.351 e. The van der Waals surface area contributed by atoms with Crippen molar-refractivity contribution < 1.29 is 23.8 Å². The van der Waals surface area contributed by atoms with Gasteiger partial charge in [-0.2, -0.15) is 5.26 Å². The van der Waals surface area contributed by atoms with Gasteiger partial charge in [-0.15, -0.1) is 0 Å². The maximum atomic E-state index is 12.4. The number of fused-ring (bicyclic) bond motifs is 1. The van der Waals surface area contributed by atoms with Crippen LogP contribution in [0.1, 0.15) is 32.1 Å². The molecule has 0 saturated heterocycles. The maximum Gasteiger partial charge on any atom is 0.351 e. The van der Waals surface area contributed by atoms with Crippen LogP contribution < -0.4 is 9.47 Å². The van der Waals surface area contributed by atoms with E-state index in [2.05, 4.69) is 6.07 Å². The number of carbonyl (C=O) groups excluding carboxylic acids is 2. The number of benzene rings is 1. The summed E-state index contributed by atoms with van der Waals surface area (Å²) >= 11 is 0. The van der Waals surface area contributed by atoms with Crippen LogP contribution >= 0.6 is 0 Å². The molecule has 1 aromatic carbocycles. The second kappa shape index (κ2) is 7.65. The van der Waals surface area contributed by atoms with Gasteiger partial charge in [0.15, 0.2) is 18.1 Å². The summed E-state index contributed by atoms with van der Waals surface area (Å²) in [5, 5.41) is 9.55. The zero-order chi connectivity index (χ0) is 18.6. The van der Waals surface area contributed by atoms with E-state index in [1.165, 1.54) is 4.90 Å². The Bertz CT molecular complexity index is 721. The minimum absolute atomic E-state index is 0.0298. The fraction of sp³-hybridized carbons (Fsp3) is 0.526. The van der Waals surface area contributed by atoms with Crippen LogP contribution in [-0.4, -0.2) is 48.7 Å². The fourth-order valence-corrected chi connectivity index (χ4v) is 3.36. The van der Waals surface area contributed by atoms with Gasteiger partial charge in [0.25, 0.3) is 5.91 Å². The van der Waals surface area contributed by atoms with Crippen LogP contribution in [0.2, 0.25) is 0 Å². The summed E-state index contributed by atoms with van der Waals surface area (Å²) in [6.07, 6.45) is 3.28. The molecule has 1 aliphatic heterocycles. The number of amides is 1. The molecule has 1 fully saturated rings. The van der Waals surface area contributed by atoms with E-state index >= 15 is 0 Å². The molecule has 1 heterocycles. The summed E-state index contributed by atoms with van der Waals surface area (Å²) in [5.41, 5.74) is -0.800. The Kier molecular flexibility index (Phi) is 5.31. The SMILES string of the molecule is CN(C(=O)COC(=O)[C@@H]1COc2ccccc2O1)C1(C#N)CCCCC1. The van der Waals surface area contributed by atoms with E-state index in [0.29, 0.717) is 24.3 Å². The first-order chi connectivity index (χ1) is 12.6. The number of hydrogen-bond donors (Lipinski definition) is 0. The normalized spacial score (nSPS) is 20.5. The van der Waals surface area contributed by atoms with Crippen molar-refractivity contribution in [1.82, 2.24) is 4.90 Å². The van der Waals surface area contributed by atoms with Gasteiger partial charge >= 0.3 is 5.97 Å². The second-order valence-electron chi connectivity index (χ2n) is 6.63. The third kappa shape index (κ3) is 3.59. The molecule has 1 saturated carbocycles. The number of hydrogen-bond acceptors (Lipinski definition) is 6. The predicted octanol–water partition coefficient (Wildman–Crippen LogP) is 2.05. The van der Waals surface area contributed by atoms with Gasteiger partial charge in [-0.3, -0.25) is 4.79 Å². The van der Waals surface area contributed by atoms with Crippen molar-refractivity contribution in [1.29, 1.82) is 5.26 Å². The minimum atomic E-state index is -0.914. The summed E-state index contributed by atoms with van der Waals surface area (Å²) in [5.74, 6) is -0.00904. The van der Waals surface area contributed by atoms with Crippen molar-refractivity contribution >= 4 is 11.9 Å². The molecule has 0 N–H and O–H groups in total. The lowest BCUT2D eigenvalue weighted by molar-refractivity contribution is -0.161. The van der Waals surface area contributed by atoms with E-state index in [1.807, 2.05) is 6.07 Å². The quantitative estimate of drug-likeness (QED) is 0.766. The van der Waals surface area contributed by atoms with E-state index in [-0.39, 0.29) is 12.5 Å². The zero-order valence-corrected chi connectivity index (χ0v) is 14.8. The van der Waals surface area contributed by atoms with Gasteiger partial charge in [0.1, 0.15) is 12.1 Å². The van der Waals surface area contributed by atoms with E-state index in [1.54, 1.807) is 25.2 Å². The molecule has 138 valence electrons. The Labute approximate surface area is 152 Å². The maximum absolute atomic E-state index is 12.4. The first-order valence-corrected chi connectivity index (χ1v) is 8.79. The Hall–Kier alpha value is -2.75. The first kappa shape index (κ1) is 18.1. The Morgan fingerprint density at radius 1 is 1.27 bits per heavy atom. The average Bonchev–Trinajstić information content (AvgIpc) is 2.71. The molecule has 3 rings (SSSR count). The summed E-state index contributed by atoms with van der Waals surface area (Å²) in [6, 6.07) is 9.32. The minimum Gasteiger partial charge on any atom is -0.485 e. The molecule has 0 unspecified atom stereocenters. The zero-order valence-electron chi connectivity index (χ0n) is 14.8. The third-order valence-corrected chi connectivity index (χ3v) is 5.01.